The van der Waals surface area contributed by atoms with Gasteiger partial charge in [0, 0.05) is 36.7 Å². The van der Waals surface area contributed by atoms with Crippen LogP contribution < -0.4 is 5.32 Å². The Morgan fingerprint density at radius 3 is 2.43 bits per heavy atom. The second kappa shape index (κ2) is 6.99. The number of thiazole rings is 1. The standard InChI is InChI=1S/C17H27N3O2S/c1-11(16-19-14(10-23-16)17(3,4)5)18-15(22)13-6-8-20(9-7-13)12(2)21/h10-11,13H,6-9H2,1-5H3,(H,18,22). The van der Waals surface area contributed by atoms with Crippen molar-refractivity contribution in [3.8, 4) is 0 Å². The van der Waals surface area contributed by atoms with Gasteiger partial charge in [0.05, 0.1) is 11.7 Å². The summed E-state index contributed by atoms with van der Waals surface area (Å²) in [7, 11) is 0. The van der Waals surface area contributed by atoms with Crippen molar-refractivity contribution in [2.75, 3.05) is 13.1 Å². The summed E-state index contributed by atoms with van der Waals surface area (Å²) in [5.41, 5.74) is 1.09. The van der Waals surface area contributed by atoms with Gasteiger partial charge in [-0.3, -0.25) is 9.59 Å². The van der Waals surface area contributed by atoms with Crippen LogP contribution in [0.1, 0.15) is 64.2 Å². The number of hydrogen-bond acceptors (Lipinski definition) is 4. The van der Waals surface area contributed by atoms with E-state index in [4.69, 9.17) is 0 Å². The summed E-state index contributed by atoms with van der Waals surface area (Å²) in [4.78, 5) is 30.2. The van der Waals surface area contributed by atoms with Crippen molar-refractivity contribution < 1.29 is 9.59 Å². The molecule has 0 bridgehead atoms. The molecule has 2 rings (SSSR count). The highest BCUT2D eigenvalue weighted by molar-refractivity contribution is 7.09. The van der Waals surface area contributed by atoms with Crippen LogP contribution in [-0.4, -0.2) is 34.8 Å². The van der Waals surface area contributed by atoms with E-state index in [-0.39, 0.29) is 29.2 Å². The van der Waals surface area contributed by atoms with Gasteiger partial charge in [0.1, 0.15) is 5.01 Å². The lowest BCUT2D eigenvalue weighted by atomic mass is 9.93. The van der Waals surface area contributed by atoms with Crippen LogP contribution in [0.15, 0.2) is 5.38 Å². The molecule has 6 heteroatoms. The Bertz CT molecular complexity index is 569. The molecular weight excluding hydrogens is 310 g/mol. The molecule has 1 saturated heterocycles. The van der Waals surface area contributed by atoms with E-state index in [1.54, 1.807) is 18.3 Å². The van der Waals surface area contributed by atoms with Crippen molar-refractivity contribution in [2.24, 2.45) is 5.92 Å². The Kier molecular flexibility index (Phi) is 5.45. The number of nitrogens with one attached hydrogen (secondary N) is 1. The third-order valence-corrected chi connectivity index (χ3v) is 5.36. The topological polar surface area (TPSA) is 62.3 Å². The van der Waals surface area contributed by atoms with E-state index in [1.165, 1.54) is 0 Å². The van der Waals surface area contributed by atoms with Crippen LogP contribution in [0.3, 0.4) is 0 Å². The van der Waals surface area contributed by atoms with Gasteiger partial charge in [-0.25, -0.2) is 4.98 Å². The highest BCUT2D eigenvalue weighted by atomic mass is 32.1. The Hall–Kier alpha value is -1.43. The lowest BCUT2D eigenvalue weighted by Gasteiger charge is -2.31. The van der Waals surface area contributed by atoms with Gasteiger partial charge in [-0.05, 0) is 19.8 Å². The number of carbonyl (C=O) groups excluding carboxylic acids is 2. The zero-order valence-corrected chi connectivity index (χ0v) is 15.5. The molecule has 1 aliphatic rings. The predicted molar refractivity (Wildman–Crippen MR) is 92.3 cm³/mol. The molecule has 1 N–H and O–H groups in total. The molecule has 1 fully saturated rings. The maximum atomic E-state index is 12.4. The summed E-state index contributed by atoms with van der Waals surface area (Å²) in [6, 6.07) is -0.0746. The van der Waals surface area contributed by atoms with Crippen molar-refractivity contribution >= 4 is 23.2 Å². The van der Waals surface area contributed by atoms with Crippen molar-refractivity contribution in [3.63, 3.8) is 0 Å². The van der Waals surface area contributed by atoms with Gasteiger partial charge in [0.2, 0.25) is 11.8 Å². The Labute approximate surface area is 142 Å². The fourth-order valence-corrected chi connectivity index (χ4v) is 3.73. The van der Waals surface area contributed by atoms with Gasteiger partial charge in [-0.2, -0.15) is 0 Å². The van der Waals surface area contributed by atoms with E-state index in [0.717, 1.165) is 23.5 Å². The van der Waals surface area contributed by atoms with E-state index in [1.807, 2.05) is 11.8 Å². The summed E-state index contributed by atoms with van der Waals surface area (Å²) in [5.74, 6) is 0.165. The molecule has 2 heterocycles. The number of likely N-dealkylation sites (tertiary alicyclic amines) is 1. The van der Waals surface area contributed by atoms with Gasteiger partial charge in [0.25, 0.3) is 0 Å². The number of carbonyl (C=O) groups is 2. The molecule has 128 valence electrons. The molecule has 1 atom stereocenters. The first-order valence-electron chi connectivity index (χ1n) is 8.20. The molecule has 1 unspecified atom stereocenters. The molecule has 23 heavy (non-hydrogen) atoms. The van der Waals surface area contributed by atoms with Crippen LogP contribution in [0.4, 0.5) is 0 Å². The van der Waals surface area contributed by atoms with E-state index < -0.39 is 0 Å². The second-order valence-electron chi connectivity index (χ2n) is 7.33. The zero-order chi connectivity index (χ0) is 17.2. The molecule has 2 amide bonds. The highest BCUT2D eigenvalue weighted by Gasteiger charge is 2.27. The smallest absolute Gasteiger partial charge is 0.223 e. The van der Waals surface area contributed by atoms with Crippen LogP contribution in [0.2, 0.25) is 0 Å². The number of piperidine rings is 1. The SMILES string of the molecule is CC(=O)N1CCC(C(=O)NC(C)c2nc(C(C)(C)C)cs2)CC1. The number of nitrogens with zero attached hydrogens (tertiary/aromatic N) is 2. The summed E-state index contributed by atoms with van der Waals surface area (Å²) in [6.45, 7) is 11.3. The monoisotopic (exact) mass is 337 g/mol. The largest absolute Gasteiger partial charge is 0.347 e. The molecule has 1 aromatic heterocycles. The summed E-state index contributed by atoms with van der Waals surface area (Å²) >= 11 is 1.60. The maximum absolute atomic E-state index is 12.4. The molecule has 0 radical (unpaired) electrons. The molecule has 5 nitrogen and oxygen atoms in total. The normalized spacial score (nSPS) is 17.9. The van der Waals surface area contributed by atoms with Gasteiger partial charge in [-0.15, -0.1) is 11.3 Å². The van der Waals surface area contributed by atoms with Crippen LogP contribution >= 0.6 is 11.3 Å². The molecule has 1 aliphatic heterocycles. The average molecular weight is 337 g/mol. The van der Waals surface area contributed by atoms with Crippen LogP contribution in [0, 0.1) is 5.92 Å². The number of rotatable bonds is 3. The minimum Gasteiger partial charge on any atom is -0.347 e. The molecule has 0 aromatic carbocycles. The van der Waals surface area contributed by atoms with E-state index in [9.17, 15) is 9.59 Å². The Morgan fingerprint density at radius 2 is 1.96 bits per heavy atom. The summed E-state index contributed by atoms with van der Waals surface area (Å²) < 4.78 is 0. The number of aromatic nitrogens is 1. The first-order valence-corrected chi connectivity index (χ1v) is 9.08. The fraction of sp³-hybridized carbons (Fsp3) is 0.706. The molecule has 0 spiro atoms. The first-order chi connectivity index (χ1) is 10.7. The minimum absolute atomic E-state index is 0.00454. The van der Waals surface area contributed by atoms with Crippen LogP contribution in [0.25, 0.3) is 0 Å². The van der Waals surface area contributed by atoms with Crippen LogP contribution in [0.5, 0.6) is 0 Å². The van der Waals surface area contributed by atoms with Crippen molar-refractivity contribution in [1.82, 2.24) is 15.2 Å². The maximum Gasteiger partial charge on any atom is 0.223 e. The zero-order valence-electron chi connectivity index (χ0n) is 14.7. The fourth-order valence-electron chi connectivity index (χ4n) is 2.68. The van der Waals surface area contributed by atoms with Crippen molar-refractivity contribution in [2.45, 2.75) is 58.9 Å². The van der Waals surface area contributed by atoms with E-state index in [2.05, 4.69) is 36.5 Å². The van der Waals surface area contributed by atoms with Gasteiger partial charge in [-0.1, -0.05) is 20.8 Å². The number of amides is 2. The Balaban J connectivity index is 1.90. The Morgan fingerprint density at radius 1 is 1.35 bits per heavy atom. The second-order valence-corrected chi connectivity index (χ2v) is 8.22. The summed E-state index contributed by atoms with van der Waals surface area (Å²) in [6.07, 6.45) is 1.48. The average Bonchev–Trinajstić information content (AvgIpc) is 2.97. The molecule has 1 aromatic rings. The van der Waals surface area contributed by atoms with Gasteiger partial charge in [0.15, 0.2) is 0 Å². The van der Waals surface area contributed by atoms with Crippen LogP contribution in [-0.2, 0) is 15.0 Å². The predicted octanol–water partition coefficient (Wildman–Crippen LogP) is 2.88. The lowest BCUT2D eigenvalue weighted by molar-refractivity contribution is -0.134. The first kappa shape index (κ1) is 17.9. The third-order valence-electron chi connectivity index (χ3n) is 4.33. The quantitative estimate of drug-likeness (QED) is 0.922. The van der Waals surface area contributed by atoms with Crippen molar-refractivity contribution in [1.29, 1.82) is 0 Å². The minimum atomic E-state index is -0.0746. The van der Waals surface area contributed by atoms with Gasteiger partial charge < -0.3 is 10.2 Å². The highest BCUT2D eigenvalue weighted by Crippen LogP contribution is 2.27. The lowest BCUT2D eigenvalue weighted by Crippen LogP contribution is -2.42. The number of hydrogen-bond donors (Lipinski definition) is 1. The summed E-state index contributed by atoms with van der Waals surface area (Å²) in [5, 5.41) is 6.10. The van der Waals surface area contributed by atoms with Gasteiger partial charge >= 0.3 is 0 Å². The molecular formula is C17H27N3O2S. The molecule has 0 saturated carbocycles. The van der Waals surface area contributed by atoms with Crippen molar-refractivity contribution in [3.05, 3.63) is 16.1 Å². The molecule has 0 aliphatic carbocycles. The van der Waals surface area contributed by atoms with E-state index in [0.29, 0.717) is 13.1 Å². The third kappa shape index (κ3) is 4.53. The van der Waals surface area contributed by atoms with E-state index >= 15 is 0 Å².